The van der Waals surface area contributed by atoms with Gasteiger partial charge in [-0.3, -0.25) is 4.79 Å². The van der Waals surface area contributed by atoms with Gasteiger partial charge in [0.25, 0.3) is 0 Å². The van der Waals surface area contributed by atoms with Crippen LogP contribution in [-0.2, 0) is 17.8 Å². The van der Waals surface area contributed by atoms with E-state index in [2.05, 4.69) is 22.8 Å². The van der Waals surface area contributed by atoms with Gasteiger partial charge in [0.05, 0.1) is 19.2 Å². The highest BCUT2D eigenvalue weighted by Crippen LogP contribution is 2.24. The highest BCUT2D eigenvalue weighted by atomic mass is 35.5. The first kappa shape index (κ1) is 18.3. The molecule has 5 heteroatoms. The zero-order valence-corrected chi connectivity index (χ0v) is 14.7. The topological polar surface area (TPSA) is 50.4 Å². The number of methoxy groups -OCH3 is 1. The van der Waals surface area contributed by atoms with Crippen LogP contribution < -0.4 is 15.4 Å². The number of carbonyl (C=O) groups excluding carboxylic acids is 1. The second kappa shape index (κ2) is 8.18. The molecule has 0 spiro atoms. The van der Waals surface area contributed by atoms with Crippen molar-refractivity contribution in [3.63, 3.8) is 0 Å². The fourth-order valence-electron chi connectivity index (χ4n) is 3.06. The molecule has 128 valence electrons. The summed E-state index contributed by atoms with van der Waals surface area (Å²) in [6, 6.07) is 15.7. The summed E-state index contributed by atoms with van der Waals surface area (Å²) in [6.45, 7) is 2.71. The van der Waals surface area contributed by atoms with E-state index in [-0.39, 0.29) is 30.4 Å². The molecular weight excluding hydrogens is 324 g/mol. The van der Waals surface area contributed by atoms with Crippen molar-refractivity contribution in [3.05, 3.63) is 65.2 Å². The van der Waals surface area contributed by atoms with Gasteiger partial charge in [-0.25, -0.2) is 0 Å². The van der Waals surface area contributed by atoms with Gasteiger partial charge in [-0.05, 0) is 30.5 Å². The normalized spacial score (nSPS) is 17.2. The predicted octanol–water partition coefficient (Wildman–Crippen LogP) is 3.01. The highest BCUT2D eigenvalue weighted by Gasteiger charge is 2.25. The third-order valence-electron chi connectivity index (χ3n) is 4.36. The minimum atomic E-state index is -0.193. The molecule has 0 aromatic heterocycles. The lowest BCUT2D eigenvalue weighted by atomic mass is 9.95. The summed E-state index contributed by atoms with van der Waals surface area (Å²) >= 11 is 0. The van der Waals surface area contributed by atoms with Gasteiger partial charge in [-0.15, -0.1) is 12.4 Å². The first-order valence-electron chi connectivity index (χ1n) is 7.92. The molecule has 0 saturated heterocycles. The Bertz CT molecular complexity index is 705. The van der Waals surface area contributed by atoms with Crippen molar-refractivity contribution < 1.29 is 9.53 Å². The Morgan fingerprint density at radius 2 is 1.83 bits per heavy atom. The Morgan fingerprint density at radius 1 is 1.17 bits per heavy atom. The van der Waals surface area contributed by atoms with E-state index in [4.69, 9.17) is 4.74 Å². The van der Waals surface area contributed by atoms with Gasteiger partial charge in [0.2, 0.25) is 5.91 Å². The highest BCUT2D eigenvalue weighted by molar-refractivity contribution is 5.85. The number of hydrogen-bond donors (Lipinski definition) is 2. The van der Waals surface area contributed by atoms with Crippen LogP contribution in [0.4, 0.5) is 0 Å². The minimum absolute atomic E-state index is 0. The molecule has 0 saturated carbocycles. The van der Waals surface area contributed by atoms with Crippen LogP contribution in [0.5, 0.6) is 5.75 Å². The molecule has 2 N–H and O–H groups in total. The minimum Gasteiger partial charge on any atom is -0.496 e. The largest absolute Gasteiger partial charge is 0.496 e. The summed E-state index contributed by atoms with van der Waals surface area (Å²) in [6.07, 6.45) is 0.723. The van der Waals surface area contributed by atoms with E-state index in [1.807, 2.05) is 43.3 Å². The van der Waals surface area contributed by atoms with Crippen molar-refractivity contribution in [3.8, 4) is 5.75 Å². The van der Waals surface area contributed by atoms with Crippen LogP contribution in [0.3, 0.4) is 0 Å². The molecule has 0 bridgehead atoms. The molecule has 0 radical (unpaired) electrons. The molecule has 4 nitrogen and oxygen atoms in total. The Labute approximate surface area is 149 Å². The average molecular weight is 347 g/mol. The van der Waals surface area contributed by atoms with Crippen LogP contribution in [0.15, 0.2) is 48.5 Å². The van der Waals surface area contributed by atoms with E-state index in [9.17, 15) is 4.79 Å². The molecule has 2 atom stereocenters. The number of halogens is 1. The summed E-state index contributed by atoms with van der Waals surface area (Å²) in [7, 11) is 1.65. The standard InChI is InChI=1S/C19H22N2O2.ClH/c1-13(16-9-5-6-10-18(16)23-2)21-19(22)17-11-14-7-3-4-8-15(14)12-20-17;/h3-10,13,17,20H,11-12H2,1-2H3,(H,21,22);1H. The molecule has 3 rings (SSSR count). The molecule has 1 heterocycles. The maximum atomic E-state index is 12.6. The number of nitrogens with one attached hydrogen (secondary N) is 2. The van der Waals surface area contributed by atoms with Gasteiger partial charge in [0.1, 0.15) is 5.75 Å². The van der Waals surface area contributed by atoms with Crippen LogP contribution in [0.25, 0.3) is 0 Å². The predicted molar refractivity (Wildman–Crippen MR) is 97.6 cm³/mol. The van der Waals surface area contributed by atoms with E-state index in [1.165, 1.54) is 11.1 Å². The molecule has 2 aromatic rings. The SMILES string of the molecule is COc1ccccc1C(C)NC(=O)C1Cc2ccccc2CN1.Cl. The smallest absolute Gasteiger partial charge is 0.237 e. The number of para-hydroxylation sites is 1. The molecule has 1 aliphatic heterocycles. The van der Waals surface area contributed by atoms with E-state index in [0.29, 0.717) is 0 Å². The van der Waals surface area contributed by atoms with E-state index in [0.717, 1.165) is 24.3 Å². The summed E-state index contributed by atoms with van der Waals surface area (Å²) in [5.41, 5.74) is 3.50. The Balaban J connectivity index is 0.00000208. The molecule has 0 fully saturated rings. The lowest BCUT2D eigenvalue weighted by molar-refractivity contribution is -0.124. The maximum absolute atomic E-state index is 12.6. The number of carbonyl (C=O) groups is 1. The molecule has 1 aliphatic rings. The Hall–Kier alpha value is -2.04. The monoisotopic (exact) mass is 346 g/mol. The summed E-state index contributed by atoms with van der Waals surface area (Å²) < 4.78 is 5.37. The Morgan fingerprint density at radius 3 is 2.58 bits per heavy atom. The quantitative estimate of drug-likeness (QED) is 0.894. The van der Waals surface area contributed by atoms with E-state index < -0.39 is 0 Å². The maximum Gasteiger partial charge on any atom is 0.237 e. The van der Waals surface area contributed by atoms with Crippen LogP contribution in [0.1, 0.15) is 29.7 Å². The van der Waals surface area contributed by atoms with Crippen LogP contribution in [-0.4, -0.2) is 19.1 Å². The second-order valence-corrected chi connectivity index (χ2v) is 5.88. The average Bonchev–Trinajstić information content (AvgIpc) is 2.61. The fraction of sp³-hybridized carbons (Fsp3) is 0.316. The van der Waals surface area contributed by atoms with Crippen molar-refractivity contribution in [1.82, 2.24) is 10.6 Å². The lowest BCUT2D eigenvalue weighted by Gasteiger charge is -2.27. The summed E-state index contributed by atoms with van der Waals surface area (Å²) in [4.78, 5) is 12.6. The molecule has 2 unspecified atom stereocenters. The van der Waals surface area contributed by atoms with Crippen molar-refractivity contribution in [1.29, 1.82) is 0 Å². The number of fused-ring (bicyclic) bond motifs is 1. The van der Waals surface area contributed by atoms with Crippen LogP contribution in [0.2, 0.25) is 0 Å². The first-order valence-corrected chi connectivity index (χ1v) is 7.92. The van der Waals surface area contributed by atoms with E-state index >= 15 is 0 Å². The third-order valence-corrected chi connectivity index (χ3v) is 4.36. The second-order valence-electron chi connectivity index (χ2n) is 5.88. The van der Waals surface area contributed by atoms with Gasteiger partial charge in [-0.1, -0.05) is 42.5 Å². The zero-order chi connectivity index (χ0) is 16.2. The summed E-state index contributed by atoms with van der Waals surface area (Å²) in [5.74, 6) is 0.820. The number of benzene rings is 2. The first-order chi connectivity index (χ1) is 11.2. The Kier molecular flexibility index (Phi) is 6.23. The molecule has 2 aromatic carbocycles. The number of hydrogen-bond acceptors (Lipinski definition) is 3. The number of rotatable bonds is 4. The van der Waals surface area contributed by atoms with Crippen molar-refractivity contribution in [2.45, 2.75) is 32.0 Å². The van der Waals surface area contributed by atoms with E-state index in [1.54, 1.807) is 7.11 Å². The molecule has 0 aliphatic carbocycles. The van der Waals surface area contributed by atoms with Gasteiger partial charge >= 0.3 is 0 Å². The van der Waals surface area contributed by atoms with Gasteiger partial charge in [0.15, 0.2) is 0 Å². The molecule has 1 amide bonds. The van der Waals surface area contributed by atoms with Crippen molar-refractivity contribution in [2.75, 3.05) is 7.11 Å². The fourth-order valence-corrected chi connectivity index (χ4v) is 3.06. The molecule has 24 heavy (non-hydrogen) atoms. The van der Waals surface area contributed by atoms with Gasteiger partial charge < -0.3 is 15.4 Å². The van der Waals surface area contributed by atoms with Crippen molar-refractivity contribution in [2.24, 2.45) is 0 Å². The van der Waals surface area contributed by atoms with Gasteiger partial charge in [-0.2, -0.15) is 0 Å². The zero-order valence-electron chi connectivity index (χ0n) is 13.9. The number of amides is 1. The lowest BCUT2D eigenvalue weighted by Crippen LogP contribution is -2.48. The van der Waals surface area contributed by atoms with Crippen LogP contribution in [0, 0.1) is 0 Å². The van der Waals surface area contributed by atoms with Gasteiger partial charge in [0, 0.05) is 12.1 Å². The third kappa shape index (κ3) is 3.89. The number of ether oxygens (including phenoxy) is 1. The molecular formula is C19H23ClN2O2. The summed E-state index contributed by atoms with van der Waals surface area (Å²) in [5, 5.41) is 6.41. The van der Waals surface area contributed by atoms with Crippen molar-refractivity contribution >= 4 is 18.3 Å². The van der Waals surface area contributed by atoms with Crippen LogP contribution >= 0.6 is 12.4 Å².